The molecule has 0 saturated heterocycles. The zero-order valence-electron chi connectivity index (χ0n) is 20.0. The van der Waals surface area contributed by atoms with Gasteiger partial charge in [0.25, 0.3) is 0 Å². The van der Waals surface area contributed by atoms with Crippen LogP contribution < -0.4 is 0 Å². The van der Waals surface area contributed by atoms with Crippen molar-refractivity contribution in [1.82, 2.24) is 4.98 Å². The Balaban J connectivity index is 2.04. The first-order chi connectivity index (χ1) is 15.4. The number of rotatable bonds is 8. The fourth-order valence-electron chi connectivity index (χ4n) is 3.89. The van der Waals surface area contributed by atoms with E-state index >= 15 is 0 Å². The molecule has 2 aromatic carbocycles. The Morgan fingerprint density at radius 1 is 0.906 bits per heavy atom. The Hall–Kier alpha value is -3.26. The molecule has 164 valence electrons. The number of pyridine rings is 1. The van der Waals surface area contributed by atoms with E-state index in [0.717, 1.165) is 29.1 Å². The van der Waals surface area contributed by atoms with Crippen LogP contribution in [0.3, 0.4) is 0 Å². The van der Waals surface area contributed by atoms with E-state index in [1.165, 1.54) is 22.3 Å². The highest BCUT2D eigenvalue weighted by molar-refractivity contribution is 5.84. The van der Waals surface area contributed by atoms with Crippen LogP contribution in [0.25, 0.3) is 5.57 Å². The van der Waals surface area contributed by atoms with Crippen molar-refractivity contribution in [2.45, 2.75) is 52.9 Å². The number of para-hydroxylation sites is 1. The third-order valence-electron chi connectivity index (χ3n) is 5.64. The van der Waals surface area contributed by atoms with Gasteiger partial charge in [0, 0.05) is 5.57 Å². The highest BCUT2D eigenvalue weighted by Crippen LogP contribution is 2.34. The summed E-state index contributed by atoms with van der Waals surface area (Å²) in [4.78, 5) is 9.90. The molecule has 2 heteroatoms. The molecule has 1 heterocycles. The Bertz CT molecular complexity index is 1110. The molecule has 0 aliphatic heterocycles. The van der Waals surface area contributed by atoms with Gasteiger partial charge in [-0.05, 0) is 59.6 Å². The van der Waals surface area contributed by atoms with Gasteiger partial charge in [0.15, 0.2) is 0 Å². The molecule has 0 spiro atoms. The largest absolute Gasteiger partial charge is 0.254 e. The third kappa shape index (κ3) is 5.50. The van der Waals surface area contributed by atoms with Crippen LogP contribution in [0.5, 0.6) is 0 Å². The second kappa shape index (κ2) is 10.9. The summed E-state index contributed by atoms with van der Waals surface area (Å²) < 4.78 is 0. The fourth-order valence-corrected chi connectivity index (χ4v) is 3.89. The molecule has 3 aromatic rings. The van der Waals surface area contributed by atoms with Crippen molar-refractivity contribution in [3.63, 3.8) is 0 Å². The number of aromatic nitrogens is 1. The number of allylic oxidation sites excluding steroid dienone is 2. The van der Waals surface area contributed by atoms with E-state index in [9.17, 15) is 0 Å². The van der Waals surface area contributed by atoms with E-state index in [1.54, 1.807) is 0 Å². The van der Waals surface area contributed by atoms with Gasteiger partial charge in [0.1, 0.15) is 0 Å². The number of hydrogen-bond acceptors (Lipinski definition) is 2. The number of hydrogen-bond donors (Lipinski definition) is 0. The Morgan fingerprint density at radius 3 is 2.19 bits per heavy atom. The lowest BCUT2D eigenvalue weighted by molar-refractivity contribution is 0.835. The standard InChI is InChI=1S/C30H34N2/c1-7-8-15-28(27-16-10-9-13-23(27)6)29-19-11-14-24(32-29)20-31-30-25(21(2)3)17-12-18-26(30)22(4)5/h7,9-22H,1,8H2,2-6H3/b28-15+,31-20?. The topological polar surface area (TPSA) is 25.2 Å². The van der Waals surface area contributed by atoms with Crippen LogP contribution in [0.2, 0.25) is 0 Å². The summed E-state index contributed by atoms with van der Waals surface area (Å²) in [5.41, 5.74) is 8.99. The summed E-state index contributed by atoms with van der Waals surface area (Å²) in [5.74, 6) is 0.823. The van der Waals surface area contributed by atoms with E-state index in [1.807, 2.05) is 18.4 Å². The summed E-state index contributed by atoms with van der Waals surface area (Å²) in [5, 5.41) is 0. The van der Waals surface area contributed by atoms with Crippen molar-refractivity contribution < 1.29 is 0 Å². The highest BCUT2D eigenvalue weighted by Gasteiger charge is 2.13. The van der Waals surface area contributed by atoms with Crippen molar-refractivity contribution in [3.05, 3.63) is 113 Å². The lowest BCUT2D eigenvalue weighted by Gasteiger charge is -2.16. The maximum absolute atomic E-state index is 4.96. The molecule has 2 nitrogen and oxygen atoms in total. The van der Waals surface area contributed by atoms with Crippen LogP contribution >= 0.6 is 0 Å². The summed E-state index contributed by atoms with van der Waals surface area (Å²) in [7, 11) is 0. The minimum Gasteiger partial charge on any atom is -0.254 e. The maximum Gasteiger partial charge on any atom is 0.0820 e. The minimum atomic E-state index is 0.412. The van der Waals surface area contributed by atoms with Crippen LogP contribution in [0.4, 0.5) is 5.69 Å². The molecule has 32 heavy (non-hydrogen) atoms. The first-order valence-electron chi connectivity index (χ1n) is 11.4. The van der Waals surface area contributed by atoms with Crippen LogP contribution in [-0.2, 0) is 0 Å². The van der Waals surface area contributed by atoms with Gasteiger partial charge in [-0.3, -0.25) is 4.99 Å². The second-order valence-corrected chi connectivity index (χ2v) is 8.76. The first-order valence-corrected chi connectivity index (χ1v) is 11.4. The molecule has 0 N–H and O–H groups in total. The molecule has 0 atom stereocenters. The van der Waals surface area contributed by atoms with E-state index in [0.29, 0.717) is 11.8 Å². The molecule has 0 aliphatic carbocycles. The SMILES string of the molecule is C=CC/C=C(/c1cccc(C=Nc2c(C(C)C)cccc2C(C)C)n1)c1ccccc1C. The van der Waals surface area contributed by atoms with E-state index < -0.39 is 0 Å². The van der Waals surface area contributed by atoms with Crippen LogP contribution in [0, 0.1) is 6.92 Å². The predicted octanol–water partition coefficient (Wildman–Crippen LogP) is 8.40. The Kier molecular flexibility index (Phi) is 7.94. The first kappa shape index (κ1) is 23.4. The minimum absolute atomic E-state index is 0.412. The lowest BCUT2D eigenvalue weighted by atomic mass is 9.93. The van der Waals surface area contributed by atoms with Gasteiger partial charge >= 0.3 is 0 Å². The third-order valence-corrected chi connectivity index (χ3v) is 5.64. The van der Waals surface area contributed by atoms with Crippen molar-refractivity contribution in [2.75, 3.05) is 0 Å². The molecule has 0 saturated carbocycles. The van der Waals surface area contributed by atoms with Gasteiger partial charge in [-0.1, -0.05) is 88.4 Å². The zero-order valence-corrected chi connectivity index (χ0v) is 20.0. The normalized spacial score (nSPS) is 12.2. The number of benzene rings is 2. The molecular formula is C30H34N2. The molecule has 0 unspecified atom stereocenters. The summed E-state index contributed by atoms with van der Waals surface area (Å²) in [6.45, 7) is 14.9. The molecule has 0 amide bonds. The van der Waals surface area contributed by atoms with Crippen LogP contribution in [0.15, 0.2) is 84.4 Å². The number of aryl methyl sites for hydroxylation is 1. The van der Waals surface area contributed by atoms with Gasteiger partial charge in [-0.25, -0.2) is 4.98 Å². The molecular weight excluding hydrogens is 388 g/mol. The van der Waals surface area contributed by atoms with E-state index in [-0.39, 0.29) is 0 Å². The van der Waals surface area contributed by atoms with Crippen molar-refractivity contribution in [3.8, 4) is 0 Å². The van der Waals surface area contributed by atoms with E-state index in [2.05, 4.69) is 102 Å². The molecule has 0 aliphatic rings. The highest BCUT2D eigenvalue weighted by atomic mass is 14.8. The number of nitrogens with zero attached hydrogens (tertiary/aromatic N) is 2. The zero-order chi connectivity index (χ0) is 23.1. The monoisotopic (exact) mass is 422 g/mol. The van der Waals surface area contributed by atoms with Crippen molar-refractivity contribution in [1.29, 1.82) is 0 Å². The quantitative estimate of drug-likeness (QED) is 0.264. The molecule has 1 aromatic heterocycles. The van der Waals surface area contributed by atoms with E-state index in [4.69, 9.17) is 9.98 Å². The van der Waals surface area contributed by atoms with Crippen LogP contribution in [0.1, 0.15) is 79.6 Å². The smallest absolute Gasteiger partial charge is 0.0820 e. The Morgan fingerprint density at radius 2 is 1.56 bits per heavy atom. The molecule has 3 rings (SSSR count). The Labute approximate surface area is 193 Å². The van der Waals surface area contributed by atoms with Crippen molar-refractivity contribution >= 4 is 17.5 Å². The summed E-state index contributed by atoms with van der Waals surface area (Å²) in [6, 6.07) is 21.1. The predicted molar refractivity (Wildman–Crippen MR) is 139 cm³/mol. The average Bonchev–Trinajstić information content (AvgIpc) is 2.79. The van der Waals surface area contributed by atoms with Gasteiger partial charge in [0.2, 0.25) is 0 Å². The van der Waals surface area contributed by atoms with Crippen LogP contribution in [-0.4, -0.2) is 11.2 Å². The number of aliphatic imine (C=N–C) groups is 1. The van der Waals surface area contributed by atoms with Crippen molar-refractivity contribution in [2.24, 2.45) is 4.99 Å². The molecule has 0 bridgehead atoms. The molecule has 0 fully saturated rings. The van der Waals surface area contributed by atoms with Gasteiger partial charge < -0.3 is 0 Å². The summed E-state index contributed by atoms with van der Waals surface area (Å²) in [6.07, 6.45) is 6.81. The van der Waals surface area contributed by atoms with Gasteiger partial charge in [-0.2, -0.15) is 0 Å². The summed E-state index contributed by atoms with van der Waals surface area (Å²) >= 11 is 0. The van der Waals surface area contributed by atoms with Gasteiger partial charge in [0.05, 0.1) is 23.3 Å². The second-order valence-electron chi connectivity index (χ2n) is 8.76. The maximum atomic E-state index is 4.96. The average molecular weight is 423 g/mol. The lowest BCUT2D eigenvalue weighted by Crippen LogP contribution is -1.99. The molecule has 0 radical (unpaired) electrons. The van der Waals surface area contributed by atoms with Gasteiger partial charge in [-0.15, -0.1) is 6.58 Å². The fraction of sp³-hybridized carbons (Fsp3) is 0.267.